The zero-order chi connectivity index (χ0) is 13.5. The van der Waals surface area contributed by atoms with E-state index >= 15 is 0 Å². The van der Waals surface area contributed by atoms with Crippen LogP contribution in [-0.4, -0.2) is 23.9 Å². The van der Waals surface area contributed by atoms with Crippen LogP contribution in [0.3, 0.4) is 0 Å². The third-order valence-corrected chi connectivity index (χ3v) is 3.41. The fourth-order valence-electron chi connectivity index (χ4n) is 1.91. The molecule has 0 aliphatic carbocycles. The van der Waals surface area contributed by atoms with Crippen molar-refractivity contribution in [2.45, 2.75) is 32.4 Å². The summed E-state index contributed by atoms with van der Waals surface area (Å²) in [4.78, 5) is 13.7. The Morgan fingerprint density at radius 1 is 1.44 bits per heavy atom. The SMILES string of the molecule is CCCC(C(=O)NN)N(C)Cc1ccc(Br)cc1. The van der Waals surface area contributed by atoms with Gasteiger partial charge in [-0.2, -0.15) is 0 Å². The molecule has 0 radical (unpaired) electrons. The van der Waals surface area contributed by atoms with Crippen molar-refractivity contribution in [3.63, 3.8) is 0 Å². The number of hydrazine groups is 1. The van der Waals surface area contributed by atoms with Gasteiger partial charge in [-0.3, -0.25) is 15.1 Å². The van der Waals surface area contributed by atoms with Crippen molar-refractivity contribution in [1.82, 2.24) is 10.3 Å². The number of nitrogens with zero attached hydrogens (tertiary/aromatic N) is 1. The number of carbonyl (C=O) groups is 1. The quantitative estimate of drug-likeness (QED) is 0.480. The predicted octanol–water partition coefficient (Wildman–Crippen LogP) is 2.04. The number of hydrogen-bond donors (Lipinski definition) is 2. The molecule has 1 aromatic carbocycles. The standard InChI is InChI=1S/C13H20BrN3O/c1-3-4-12(13(18)16-15)17(2)9-10-5-7-11(14)8-6-10/h5-8,12H,3-4,9,15H2,1-2H3,(H,16,18). The number of benzene rings is 1. The van der Waals surface area contributed by atoms with Crippen LogP contribution in [0.1, 0.15) is 25.3 Å². The van der Waals surface area contributed by atoms with Gasteiger partial charge in [0.05, 0.1) is 6.04 Å². The molecule has 0 bridgehead atoms. The van der Waals surface area contributed by atoms with Gasteiger partial charge < -0.3 is 0 Å². The highest BCUT2D eigenvalue weighted by Crippen LogP contribution is 2.14. The Balaban J connectivity index is 2.68. The van der Waals surface area contributed by atoms with Crippen LogP contribution in [0.5, 0.6) is 0 Å². The summed E-state index contributed by atoms with van der Waals surface area (Å²) in [5.41, 5.74) is 3.41. The molecule has 0 saturated heterocycles. The van der Waals surface area contributed by atoms with Gasteiger partial charge in [-0.1, -0.05) is 41.4 Å². The minimum Gasteiger partial charge on any atom is -0.293 e. The van der Waals surface area contributed by atoms with Crippen LogP contribution < -0.4 is 11.3 Å². The van der Waals surface area contributed by atoms with E-state index in [1.807, 2.05) is 36.2 Å². The molecule has 0 aliphatic heterocycles. The van der Waals surface area contributed by atoms with Gasteiger partial charge in [0, 0.05) is 11.0 Å². The van der Waals surface area contributed by atoms with E-state index < -0.39 is 0 Å². The molecule has 5 heteroatoms. The molecule has 0 spiro atoms. The van der Waals surface area contributed by atoms with Crippen LogP contribution in [0, 0.1) is 0 Å². The summed E-state index contributed by atoms with van der Waals surface area (Å²) in [7, 11) is 1.94. The molecule has 1 rings (SSSR count). The van der Waals surface area contributed by atoms with E-state index in [1.54, 1.807) is 0 Å². The van der Waals surface area contributed by atoms with Crippen molar-refractivity contribution in [2.75, 3.05) is 7.05 Å². The molecule has 4 nitrogen and oxygen atoms in total. The summed E-state index contributed by atoms with van der Waals surface area (Å²) in [5.74, 6) is 5.09. The van der Waals surface area contributed by atoms with E-state index in [0.717, 1.165) is 23.9 Å². The zero-order valence-electron chi connectivity index (χ0n) is 10.8. The Morgan fingerprint density at radius 2 is 2.06 bits per heavy atom. The maximum Gasteiger partial charge on any atom is 0.251 e. The van der Waals surface area contributed by atoms with E-state index in [2.05, 4.69) is 28.3 Å². The first-order chi connectivity index (χ1) is 8.58. The Morgan fingerprint density at radius 3 is 2.56 bits per heavy atom. The van der Waals surface area contributed by atoms with E-state index in [-0.39, 0.29) is 11.9 Å². The number of nitrogens with one attached hydrogen (secondary N) is 1. The molecule has 100 valence electrons. The number of amides is 1. The number of hydrogen-bond acceptors (Lipinski definition) is 3. The van der Waals surface area contributed by atoms with Gasteiger partial charge in [-0.25, -0.2) is 5.84 Å². The molecule has 1 unspecified atom stereocenters. The van der Waals surface area contributed by atoms with E-state index in [9.17, 15) is 4.79 Å². The van der Waals surface area contributed by atoms with Gasteiger partial charge in [0.15, 0.2) is 0 Å². The summed E-state index contributed by atoms with van der Waals surface area (Å²) in [6.45, 7) is 2.79. The van der Waals surface area contributed by atoms with Crippen LogP contribution >= 0.6 is 15.9 Å². The highest BCUT2D eigenvalue weighted by atomic mass is 79.9. The van der Waals surface area contributed by atoms with E-state index in [0.29, 0.717) is 0 Å². The molecule has 0 aliphatic rings. The van der Waals surface area contributed by atoms with Crippen molar-refractivity contribution in [3.8, 4) is 0 Å². The number of halogens is 1. The molecule has 3 N–H and O–H groups in total. The van der Waals surface area contributed by atoms with Gasteiger partial charge in [-0.05, 0) is 31.2 Å². The first-order valence-electron chi connectivity index (χ1n) is 6.03. The zero-order valence-corrected chi connectivity index (χ0v) is 12.4. The van der Waals surface area contributed by atoms with Crippen LogP contribution in [0.15, 0.2) is 28.7 Å². The lowest BCUT2D eigenvalue weighted by Crippen LogP contribution is -2.47. The lowest BCUT2D eigenvalue weighted by atomic mass is 10.1. The summed E-state index contributed by atoms with van der Waals surface area (Å²) < 4.78 is 1.05. The van der Waals surface area contributed by atoms with Crippen molar-refractivity contribution in [2.24, 2.45) is 5.84 Å². The van der Waals surface area contributed by atoms with Gasteiger partial charge in [0.25, 0.3) is 5.91 Å². The highest BCUT2D eigenvalue weighted by molar-refractivity contribution is 9.10. The molecule has 1 aromatic rings. The molecule has 1 atom stereocenters. The summed E-state index contributed by atoms with van der Waals surface area (Å²) in [6.07, 6.45) is 1.75. The van der Waals surface area contributed by atoms with Crippen molar-refractivity contribution >= 4 is 21.8 Å². The van der Waals surface area contributed by atoms with Crippen LogP contribution in [-0.2, 0) is 11.3 Å². The lowest BCUT2D eigenvalue weighted by Gasteiger charge is -2.26. The van der Waals surface area contributed by atoms with Gasteiger partial charge in [0.2, 0.25) is 0 Å². The third-order valence-electron chi connectivity index (χ3n) is 2.88. The fraction of sp³-hybridized carbons (Fsp3) is 0.462. The summed E-state index contributed by atoms with van der Waals surface area (Å²) in [5, 5.41) is 0. The van der Waals surface area contributed by atoms with Crippen LogP contribution in [0.25, 0.3) is 0 Å². The minimum absolute atomic E-state index is 0.128. The Hall–Kier alpha value is -0.910. The second-order valence-electron chi connectivity index (χ2n) is 4.35. The molecule has 18 heavy (non-hydrogen) atoms. The Kier molecular flexibility index (Phi) is 6.32. The van der Waals surface area contributed by atoms with Crippen molar-refractivity contribution in [1.29, 1.82) is 0 Å². The first kappa shape index (κ1) is 15.1. The molecule has 0 fully saturated rings. The smallest absolute Gasteiger partial charge is 0.251 e. The molecule has 0 aromatic heterocycles. The Labute approximate surface area is 117 Å². The maximum atomic E-state index is 11.7. The average molecular weight is 314 g/mol. The average Bonchev–Trinajstić information content (AvgIpc) is 2.37. The minimum atomic E-state index is -0.177. The second-order valence-corrected chi connectivity index (χ2v) is 5.27. The van der Waals surface area contributed by atoms with Crippen molar-refractivity contribution < 1.29 is 4.79 Å². The van der Waals surface area contributed by atoms with Gasteiger partial charge in [0.1, 0.15) is 0 Å². The lowest BCUT2D eigenvalue weighted by molar-refractivity contribution is -0.126. The van der Waals surface area contributed by atoms with Gasteiger partial charge >= 0.3 is 0 Å². The number of carbonyl (C=O) groups excluding carboxylic acids is 1. The molecular formula is C13H20BrN3O. The first-order valence-corrected chi connectivity index (χ1v) is 6.83. The summed E-state index contributed by atoms with van der Waals surface area (Å²) >= 11 is 3.41. The largest absolute Gasteiger partial charge is 0.293 e. The fourth-order valence-corrected chi connectivity index (χ4v) is 2.17. The molecular weight excluding hydrogens is 294 g/mol. The molecule has 0 heterocycles. The summed E-state index contributed by atoms with van der Waals surface area (Å²) in [6, 6.07) is 7.92. The maximum absolute atomic E-state index is 11.7. The monoisotopic (exact) mass is 313 g/mol. The van der Waals surface area contributed by atoms with Crippen LogP contribution in [0.2, 0.25) is 0 Å². The Bertz CT molecular complexity index is 380. The van der Waals surface area contributed by atoms with Crippen molar-refractivity contribution in [3.05, 3.63) is 34.3 Å². The molecule has 1 amide bonds. The third kappa shape index (κ3) is 4.40. The van der Waals surface area contributed by atoms with E-state index in [1.165, 1.54) is 5.56 Å². The van der Waals surface area contributed by atoms with Gasteiger partial charge in [-0.15, -0.1) is 0 Å². The van der Waals surface area contributed by atoms with E-state index in [4.69, 9.17) is 5.84 Å². The topological polar surface area (TPSA) is 58.4 Å². The number of likely N-dealkylation sites (N-methyl/N-ethyl adjacent to an activating group) is 1. The van der Waals surface area contributed by atoms with Crippen LogP contribution in [0.4, 0.5) is 0 Å². The normalized spacial score (nSPS) is 12.5. The number of nitrogens with two attached hydrogens (primary N) is 1. The highest BCUT2D eigenvalue weighted by Gasteiger charge is 2.21. The number of rotatable bonds is 6. The second kappa shape index (κ2) is 7.51. The molecule has 0 saturated carbocycles. The predicted molar refractivity (Wildman–Crippen MR) is 76.6 cm³/mol.